The van der Waals surface area contributed by atoms with E-state index < -0.39 is 10.0 Å². The number of halogens is 1. The number of hydrogen-bond donors (Lipinski definition) is 0. The van der Waals surface area contributed by atoms with Gasteiger partial charge in [0, 0.05) is 23.8 Å². The van der Waals surface area contributed by atoms with Gasteiger partial charge in [0.15, 0.2) is 0 Å². The van der Waals surface area contributed by atoms with E-state index in [4.69, 9.17) is 11.6 Å². The fraction of sp³-hybridized carbons (Fsp3) is 0.667. The maximum Gasteiger partial charge on any atom is 0.252 e. The lowest BCUT2D eigenvalue weighted by molar-refractivity contribution is 0.411. The molecule has 1 aromatic rings. The summed E-state index contributed by atoms with van der Waals surface area (Å²) in [5.41, 5.74) is 0. The van der Waals surface area contributed by atoms with Crippen molar-refractivity contribution in [1.82, 2.24) is 4.31 Å². The highest BCUT2D eigenvalue weighted by atomic mass is 35.5. The van der Waals surface area contributed by atoms with Crippen molar-refractivity contribution in [2.75, 3.05) is 19.0 Å². The standard InChI is InChI=1S/C12H20ClNO2S2/c1-3-9-14(10-4-2)18(15,16)12-6-5-11(17-12)7-8-13/h5-6H,3-4,7-10H2,1-2H3. The van der Waals surface area contributed by atoms with Gasteiger partial charge >= 0.3 is 0 Å². The van der Waals surface area contributed by atoms with Gasteiger partial charge in [-0.15, -0.1) is 22.9 Å². The molecule has 0 aliphatic rings. The molecule has 104 valence electrons. The van der Waals surface area contributed by atoms with Gasteiger partial charge < -0.3 is 0 Å². The van der Waals surface area contributed by atoms with Crippen molar-refractivity contribution in [1.29, 1.82) is 0 Å². The summed E-state index contributed by atoms with van der Waals surface area (Å²) in [7, 11) is -3.31. The van der Waals surface area contributed by atoms with E-state index in [1.807, 2.05) is 19.9 Å². The third-order valence-corrected chi connectivity index (χ3v) is 6.22. The molecule has 3 nitrogen and oxygen atoms in total. The second kappa shape index (κ2) is 7.48. The Morgan fingerprint density at radius 3 is 2.33 bits per heavy atom. The molecule has 0 amide bonds. The predicted octanol–water partition coefficient (Wildman–Crippen LogP) is 3.34. The van der Waals surface area contributed by atoms with Crippen molar-refractivity contribution in [3.05, 3.63) is 17.0 Å². The Kier molecular flexibility index (Phi) is 6.63. The van der Waals surface area contributed by atoms with E-state index in [2.05, 4.69) is 0 Å². The van der Waals surface area contributed by atoms with Gasteiger partial charge in [-0.2, -0.15) is 4.31 Å². The summed E-state index contributed by atoms with van der Waals surface area (Å²) in [5, 5.41) is 0. The first-order valence-electron chi connectivity index (χ1n) is 6.21. The van der Waals surface area contributed by atoms with E-state index in [1.165, 1.54) is 11.3 Å². The fourth-order valence-corrected chi connectivity index (χ4v) is 5.15. The van der Waals surface area contributed by atoms with Crippen molar-refractivity contribution in [3.63, 3.8) is 0 Å². The molecule has 0 saturated carbocycles. The Bertz CT molecular complexity index is 450. The topological polar surface area (TPSA) is 37.4 Å². The molecule has 0 aromatic carbocycles. The minimum atomic E-state index is -3.31. The molecule has 0 aliphatic heterocycles. The number of hydrogen-bond acceptors (Lipinski definition) is 3. The number of rotatable bonds is 8. The minimum Gasteiger partial charge on any atom is -0.206 e. The average molecular weight is 310 g/mol. The summed E-state index contributed by atoms with van der Waals surface area (Å²) in [5.74, 6) is 0.521. The lowest BCUT2D eigenvalue weighted by atomic mass is 10.4. The summed E-state index contributed by atoms with van der Waals surface area (Å²) in [6.45, 7) is 5.15. The number of aryl methyl sites for hydroxylation is 1. The SMILES string of the molecule is CCCN(CCC)S(=O)(=O)c1ccc(CCCl)s1. The molecule has 0 fully saturated rings. The number of alkyl halides is 1. The molecule has 0 unspecified atom stereocenters. The Labute approximate surface area is 119 Å². The quantitative estimate of drug-likeness (QED) is 0.691. The van der Waals surface area contributed by atoms with Crippen molar-refractivity contribution in [2.24, 2.45) is 0 Å². The van der Waals surface area contributed by atoms with Crippen LogP contribution >= 0.6 is 22.9 Å². The second-order valence-electron chi connectivity index (χ2n) is 4.06. The minimum absolute atomic E-state index is 0.435. The van der Waals surface area contributed by atoms with Crippen molar-refractivity contribution < 1.29 is 8.42 Å². The third-order valence-electron chi connectivity index (χ3n) is 2.52. The molecule has 0 N–H and O–H groups in total. The van der Waals surface area contributed by atoms with Crippen LogP contribution in [-0.2, 0) is 16.4 Å². The van der Waals surface area contributed by atoms with Gasteiger partial charge in [0.25, 0.3) is 10.0 Å². The van der Waals surface area contributed by atoms with E-state index in [1.54, 1.807) is 10.4 Å². The molecule has 6 heteroatoms. The van der Waals surface area contributed by atoms with E-state index in [9.17, 15) is 8.42 Å². The Morgan fingerprint density at radius 2 is 1.83 bits per heavy atom. The molecule has 0 spiro atoms. The molecule has 0 bridgehead atoms. The Hall–Kier alpha value is -0.100. The molecule has 0 atom stereocenters. The third kappa shape index (κ3) is 3.95. The van der Waals surface area contributed by atoms with Gasteiger partial charge in [-0.25, -0.2) is 8.42 Å². The molecule has 0 saturated heterocycles. The van der Waals surface area contributed by atoms with E-state index in [-0.39, 0.29) is 0 Å². The fourth-order valence-electron chi connectivity index (χ4n) is 1.70. The van der Waals surface area contributed by atoms with Gasteiger partial charge in [-0.05, 0) is 31.4 Å². The summed E-state index contributed by atoms with van der Waals surface area (Å²) in [6.07, 6.45) is 2.39. The summed E-state index contributed by atoms with van der Waals surface area (Å²) >= 11 is 7.00. The Morgan fingerprint density at radius 1 is 1.22 bits per heavy atom. The van der Waals surface area contributed by atoms with Gasteiger partial charge in [-0.3, -0.25) is 0 Å². The van der Waals surface area contributed by atoms with Crippen LogP contribution in [0.5, 0.6) is 0 Å². The lowest BCUT2D eigenvalue weighted by Gasteiger charge is -2.19. The molecular weight excluding hydrogens is 290 g/mol. The Balaban J connectivity index is 2.94. The number of sulfonamides is 1. The van der Waals surface area contributed by atoms with Gasteiger partial charge in [0.2, 0.25) is 0 Å². The van der Waals surface area contributed by atoms with Gasteiger partial charge in [-0.1, -0.05) is 13.8 Å². The zero-order valence-electron chi connectivity index (χ0n) is 10.9. The molecule has 1 heterocycles. The predicted molar refractivity (Wildman–Crippen MR) is 78.1 cm³/mol. The first kappa shape index (κ1) is 16.0. The highest BCUT2D eigenvalue weighted by molar-refractivity contribution is 7.91. The summed E-state index contributed by atoms with van der Waals surface area (Å²) in [4.78, 5) is 1.02. The molecular formula is C12H20ClNO2S2. The molecule has 1 rings (SSSR count). The van der Waals surface area contributed by atoms with Crippen LogP contribution in [0.1, 0.15) is 31.6 Å². The summed E-state index contributed by atoms with van der Waals surface area (Å²) < 4.78 is 26.9. The van der Waals surface area contributed by atoms with Crippen LogP contribution in [-0.4, -0.2) is 31.7 Å². The van der Waals surface area contributed by atoms with Crippen LogP contribution in [0, 0.1) is 0 Å². The van der Waals surface area contributed by atoms with Crippen LogP contribution in [0.15, 0.2) is 16.3 Å². The molecule has 18 heavy (non-hydrogen) atoms. The van der Waals surface area contributed by atoms with Crippen LogP contribution in [0.3, 0.4) is 0 Å². The second-order valence-corrected chi connectivity index (χ2v) is 7.77. The number of nitrogens with zero attached hydrogens (tertiary/aromatic N) is 1. The highest BCUT2D eigenvalue weighted by Gasteiger charge is 2.24. The molecule has 1 aromatic heterocycles. The van der Waals surface area contributed by atoms with E-state index in [0.29, 0.717) is 23.2 Å². The van der Waals surface area contributed by atoms with Crippen molar-refractivity contribution in [3.8, 4) is 0 Å². The average Bonchev–Trinajstić information content (AvgIpc) is 2.78. The summed E-state index contributed by atoms with van der Waals surface area (Å²) in [6, 6.07) is 3.55. The van der Waals surface area contributed by atoms with E-state index >= 15 is 0 Å². The maximum absolute atomic E-state index is 12.4. The molecule has 0 aliphatic carbocycles. The smallest absolute Gasteiger partial charge is 0.206 e. The highest BCUT2D eigenvalue weighted by Crippen LogP contribution is 2.25. The van der Waals surface area contributed by atoms with Crippen molar-refractivity contribution >= 4 is 33.0 Å². The first-order chi connectivity index (χ1) is 8.56. The van der Waals surface area contributed by atoms with Gasteiger partial charge in [0.1, 0.15) is 4.21 Å². The van der Waals surface area contributed by atoms with Gasteiger partial charge in [0.05, 0.1) is 0 Å². The zero-order chi connectivity index (χ0) is 13.6. The lowest BCUT2D eigenvalue weighted by Crippen LogP contribution is -2.32. The van der Waals surface area contributed by atoms with Crippen molar-refractivity contribution in [2.45, 2.75) is 37.3 Å². The largest absolute Gasteiger partial charge is 0.252 e. The normalized spacial score (nSPS) is 12.2. The van der Waals surface area contributed by atoms with E-state index in [0.717, 1.165) is 24.1 Å². The van der Waals surface area contributed by atoms with Crippen LogP contribution in [0.4, 0.5) is 0 Å². The first-order valence-corrected chi connectivity index (χ1v) is 9.00. The molecule has 0 radical (unpaired) electrons. The monoisotopic (exact) mass is 309 g/mol. The van der Waals surface area contributed by atoms with Crippen LogP contribution in [0.25, 0.3) is 0 Å². The number of thiophene rings is 1. The zero-order valence-corrected chi connectivity index (χ0v) is 13.2. The van der Waals surface area contributed by atoms with Crippen LogP contribution < -0.4 is 0 Å². The maximum atomic E-state index is 12.4. The van der Waals surface area contributed by atoms with Crippen LogP contribution in [0.2, 0.25) is 0 Å².